The number of fused-ring (bicyclic) bond motifs is 1. The van der Waals surface area contributed by atoms with Crippen molar-refractivity contribution in [1.29, 1.82) is 0 Å². The zero-order chi connectivity index (χ0) is 38.5. The average Bonchev–Trinajstić information content (AvgIpc) is 3.12. The fourth-order valence-corrected chi connectivity index (χ4v) is 8.06. The number of carbonyl (C=O) groups is 1. The van der Waals surface area contributed by atoms with Crippen molar-refractivity contribution in [2.75, 3.05) is 82.3 Å². The van der Waals surface area contributed by atoms with Crippen LogP contribution in [0, 0.1) is 0 Å². The minimum Gasteiger partial charge on any atom is -0.494 e. The number of alkyl halides is 3. The summed E-state index contributed by atoms with van der Waals surface area (Å²) in [5, 5.41) is 14.5. The van der Waals surface area contributed by atoms with Gasteiger partial charge in [0.2, 0.25) is 5.95 Å². The molecule has 3 N–H and O–H groups in total. The van der Waals surface area contributed by atoms with Gasteiger partial charge in [0, 0.05) is 75.7 Å². The third kappa shape index (κ3) is 9.82. The summed E-state index contributed by atoms with van der Waals surface area (Å²) >= 11 is 3.57. The molecule has 6 rings (SSSR count). The summed E-state index contributed by atoms with van der Waals surface area (Å²) in [4.78, 5) is 34.6. The molecule has 0 aliphatic carbocycles. The maximum atomic E-state index is 13.4. The van der Waals surface area contributed by atoms with Crippen molar-refractivity contribution >= 4 is 80.3 Å². The minimum atomic E-state index is -5.08. The van der Waals surface area contributed by atoms with Gasteiger partial charge in [-0.05, 0) is 72.9 Å². The number of benzene rings is 2. The van der Waals surface area contributed by atoms with Crippen molar-refractivity contribution in [2.45, 2.75) is 25.1 Å². The molecule has 53 heavy (non-hydrogen) atoms. The molecular weight excluding hydrogens is 778 g/mol. The second-order valence-corrected chi connectivity index (χ2v) is 17.1. The number of aliphatic carboxylic acids is 1. The van der Waals surface area contributed by atoms with E-state index in [0.29, 0.717) is 50.1 Å². The van der Waals surface area contributed by atoms with E-state index in [0.717, 1.165) is 69.0 Å². The second kappa shape index (κ2) is 16.8. The molecule has 0 bridgehead atoms. The Balaban J connectivity index is 0.000000705. The Bertz CT molecular complexity index is 2000. The molecule has 284 valence electrons. The summed E-state index contributed by atoms with van der Waals surface area (Å²) in [5.74, 6) is -1.18. The number of likely N-dealkylation sites (N-methyl/N-ethyl adjacent to an activating group) is 1. The summed E-state index contributed by atoms with van der Waals surface area (Å²) in [5.41, 5.74) is 4.80. The largest absolute Gasteiger partial charge is 0.494 e. The Morgan fingerprint density at radius 3 is 2.30 bits per heavy atom. The monoisotopic (exact) mass is 819 g/mol. The number of hydrogen-bond acceptors (Lipinski definition) is 12. The lowest BCUT2D eigenvalue weighted by Gasteiger charge is -2.43. The zero-order valence-electron chi connectivity index (χ0n) is 29.8. The van der Waals surface area contributed by atoms with E-state index in [9.17, 15) is 17.7 Å². The topological polar surface area (TPSA) is 149 Å². The van der Waals surface area contributed by atoms with Crippen LogP contribution in [0.5, 0.6) is 5.75 Å². The van der Waals surface area contributed by atoms with Gasteiger partial charge >= 0.3 is 12.1 Å². The lowest BCUT2D eigenvalue weighted by molar-refractivity contribution is -0.192. The van der Waals surface area contributed by atoms with Crippen molar-refractivity contribution in [3.8, 4) is 5.75 Å². The third-order valence-electron chi connectivity index (χ3n) is 9.07. The van der Waals surface area contributed by atoms with E-state index >= 15 is 0 Å². The van der Waals surface area contributed by atoms with Crippen LogP contribution in [0.1, 0.15) is 18.4 Å². The number of hydrogen-bond donors (Lipinski definition) is 3. The number of piperazine rings is 1. The Morgan fingerprint density at radius 1 is 1.04 bits per heavy atom. The second-order valence-electron chi connectivity index (χ2n) is 13.1. The number of rotatable bonds is 9. The molecule has 2 aliphatic rings. The highest BCUT2D eigenvalue weighted by Crippen LogP contribution is 2.42. The SMILES string of the molecule is C=Cc1cc(Nc2ncc(Br)c(Nc3ccc4nccnc4c3P(C)(C)=O)n2)c(OC)cc1N1CCC(N2CCN(C)CC2)CC1.O=C(O)C(F)(F)F. The lowest BCUT2D eigenvalue weighted by Crippen LogP contribution is -2.52. The summed E-state index contributed by atoms with van der Waals surface area (Å²) in [6, 6.07) is 8.47. The number of methoxy groups -OCH3 is 1. The summed E-state index contributed by atoms with van der Waals surface area (Å²) < 4.78 is 51.7. The fraction of sp³-hybridized carbons (Fsp3) is 0.400. The van der Waals surface area contributed by atoms with Gasteiger partial charge < -0.3 is 34.8 Å². The molecule has 4 aromatic rings. The molecule has 2 fully saturated rings. The summed E-state index contributed by atoms with van der Waals surface area (Å²) in [6.45, 7) is 14.1. The van der Waals surface area contributed by atoms with Crippen LogP contribution < -0.4 is 25.6 Å². The Morgan fingerprint density at radius 2 is 1.70 bits per heavy atom. The van der Waals surface area contributed by atoms with Crippen LogP contribution in [0.25, 0.3) is 17.1 Å². The number of ether oxygens (including phenoxy) is 1. The summed E-state index contributed by atoms with van der Waals surface area (Å²) in [7, 11) is 1.13. The van der Waals surface area contributed by atoms with Crippen molar-refractivity contribution in [3.05, 3.63) is 59.5 Å². The van der Waals surface area contributed by atoms with E-state index in [-0.39, 0.29) is 0 Å². The van der Waals surface area contributed by atoms with Crippen molar-refractivity contribution < 1.29 is 32.4 Å². The number of carboxylic acid groups (broad SMARTS) is 1. The van der Waals surface area contributed by atoms with Crippen LogP contribution in [0.4, 0.5) is 42.0 Å². The van der Waals surface area contributed by atoms with Gasteiger partial charge in [-0.15, -0.1) is 0 Å². The Hall–Kier alpha value is -4.31. The predicted octanol–water partition coefficient (Wildman–Crippen LogP) is 6.42. The van der Waals surface area contributed by atoms with Crippen LogP contribution >= 0.6 is 23.1 Å². The average molecular weight is 821 g/mol. The highest BCUT2D eigenvalue weighted by Gasteiger charge is 2.38. The number of nitrogens with one attached hydrogen (secondary N) is 2. The molecule has 0 spiro atoms. The van der Waals surface area contributed by atoms with Gasteiger partial charge in [0.25, 0.3) is 0 Å². The maximum Gasteiger partial charge on any atom is 0.490 e. The molecule has 13 nitrogen and oxygen atoms in total. The van der Waals surface area contributed by atoms with Crippen molar-refractivity contribution in [2.24, 2.45) is 0 Å². The van der Waals surface area contributed by atoms with E-state index in [1.165, 1.54) is 0 Å². The number of nitrogens with zero attached hydrogens (tertiary/aromatic N) is 7. The Kier molecular flexibility index (Phi) is 12.6. The van der Waals surface area contributed by atoms with Gasteiger partial charge in [-0.1, -0.05) is 12.7 Å². The lowest BCUT2D eigenvalue weighted by atomic mass is 10.00. The smallest absolute Gasteiger partial charge is 0.490 e. The first kappa shape index (κ1) is 39.9. The highest BCUT2D eigenvalue weighted by molar-refractivity contribution is 9.10. The fourth-order valence-electron chi connectivity index (χ4n) is 6.38. The molecule has 0 saturated carbocycles. The Labute approximate surface area is 314 Å². The highest BCUT2D eigenvalue weighted by atomic mass is 79.9. The number of aromatic nitrogens is 4. The van der Waals surface area contributed by atoms with Gasteiger partial charge in [-0.2, -0.15) is 18.2 Å². The van der Waals surface area contributed by atoms with E-state index in [2.05, 4.69) is 75.9 Å². The molecule has 0 radical (unpaired) electrons. The minimum absolute atomic E-state index is 0.373. The van der Waals surface area contributed by atoms with Crippen LogP contribution in [-0.4, -0.2) is 120 Å². The van der Waals surface area contributed by atoms with Crippen LogP contribution in [-0.2, 0) is 9.36 Å². The van der Waals surface area contributed by atoms with Crippen molar-refractivity contribution in [3.63, 3.8) is 0 Å². The normalized spacial score (nSPS) is 16.1. The molecule has 0 unspecified atom stereocenters. The van der Waals surface area contributed by atoms with Gasteiger partial charge in [-0.3, -0.25) is 14.9 Å². The zero-order valence-corrected chi connectivity index (χ0v) is 32.3. The van der Waals surface area contributed by atoms with Gasteiger partial charge in [0.05, 0.1) is 33.8 Å². The number of carboxylic acids is 1. The van der Waals surface area contributed by atoms with E-state index in [1.54, 1.807) is 39.0 Å². The number of halogens is 4. The van der Waals surface area contributed by atoms with Gasteiger partial charge in [-0.25, -0.2) is 9.78 Å². The van der Waals surface area contributed by atoms with Crippen molar-refractivity contribution in [1.82, 2.24) is 29.7 Å². The van der Waals surface area contributed by atoms with E-state index in [4.69, 9.17) is 19.6 Å². The van der Waals surface area contributed by atoms with Crippen LogP contribution in [0.2, 0.25) is 0 Å². The molecule has 0 atom stereocenters. The van der Waals surface area contributed by atoms with Gasteiger partial charge in [0.1, 0.15) is 24.2 Å². The molecule has 2 aliphatic heterocycles. The molecule has 4 heterocycles. The predicted molar refractivity (Wildman–Crippen MR) is 206 cm³/mol. The molecule has 2 saturated heterocycles. The van der Waals surface area contributed by atoms with E-state index < -0.39 is 19.3 Å². The molecule has 0 amide bonds. The van der Waals surface area contributed by atoms with Crippen LogP contribution in [0.3, 0.4) is 0 Å². The molecule has 2 aromatic carbocycles. The quantitative estimate of drug-likeness (QED) is 0.160. The molecule has 18 heteroatoms. The molecular formula is C35H42BrF3N9O4P. The van der Waals surface area contributed by atoms with E-state index in [1.807, 2.05) is 24.3 Å². The number of piperidine rings is 1. The maximum absolute atomic E-state index is 13.4. The van der Waals surface area contributed by atoms with Crippen LogP contribution in [0.15, 0.2) is 53.9 Å². The number of anilines is 5. The summed E-state index contributed by atoms with van der Waals surface area (Å²) in [6.07, 6.45) is 4.00. The first-order valence-corrected chi connectivity index (χ1v) is 20.2. The molecule has 2 aromatic heterocycles. The third-order valence-corrected chi connectivity index (χ3v) is 11.2. The standard InChI is InChI=1S/C33H41BrN9O2P.C2HF3O2/c1-6-22-19-27(29(45-3)20-28(22)43-13-9-23(10-14-43)42-17-15-41(2)16-18-42)39-33-37-21-24(34)32(40-33)38-26-8-7-25-30(36-12-11-35-25)31(26)46(4,5)44;3-2(4,5)1(6)7/h6-8,11-12,19-21,23H,1,9-10,13-18H2,2-5H3,(H2,37,38,39,40);(H,6,7). The first-order chi connectivity index (χ1) is 25.1. The van der Waals surface area contributed by atoms with Gasteiger partial charge in [0.15, 0.2) is 0 Å². The first-order valence-electron chi connectivity index (χ1n) is 16.8.